The fourth-order valence-corrected chi connectivity index (χ4v) is 3.34. The second kappa shape index (κ2) is 7.51. The lowest BCUT2D eigenvalue weighted by molar-refractivity contribution is 0.311. The molecule has 7 N–H and O–H groups in total. The first-order valence-electron chi connectivity index (χ1n) is 7.95. The topological polar surface area (TPSA) is 193 Å². The zero-order chi connectivity index (χ0) is 20.3. The number of pyridine rings is 1. The van der Waals surface area contributed by atoms with E-state index >= 15 is 0 Å². The summed E-state index contributed by atoms with van der Waals surface area (Å²) >= 11 is 0. The summed E-state index contributed by atoms with van der Waals surface area (Å²) in [5.41, 5.74) is 11.9. The number of aromatic nitrogens is 3. The number of benzene rings is 1. The molecule has 0 aliphatic carbocycles. The molecule has 0 radical (unpaired) electrons. The van der Waals surface area contributed by atoms with Crippen LogP contribution in [0.1, 0.15) is 5.56 Å². The van der Waals surface area contributed by atoms with Crippen LogP contribution in [0, 0.1) is 11.3 Å². The van der Waals surface area contributed by atoms with Crippen molar-refractivity contribution < 1.29 is 13.5 Å². The molecule has 0 aliphatic rings. The Morgan fingerprint density at radius 3 is 2.50 bits per heavy atom. The van der Waals surface area contributed by atoms with Gasteiger partial charge < -0.3 is 21.9 Å². The van der Waals surface area contributed by atoms with Crippen molar-refractivity contribution in [3.8, 4) is 6.07 Å². The number of hydrogen-bond donors (Lipinski definition) is 5. The number of sulfonamides is 1. The molecular weight excluding hydrogens is 384 g/mol. The average molecular weight is 400 g/mol. The van der Waals surface area contributed by atoms with Gasteiger partial charge in [-0.05, 0) is 30.3 Å². The smallest absolute Gasteiger partial charge is 0.263 e. The van der Waals surface area contributed by atoms with Gasteiger partial charge in [0.2, 0.25) is 5.95 Å². The zero-order valence-corrected chi connectivity index (χ0v) is 15.2. The number of nitrogen functional groups attached to an aromatic ring is 2. The van der Waals surface area contributed by atoms with Crippen molar-refractivity contribution in [1.29, 1.82) is 5.26 Å². The number of hydrogen-bond acceptors (Lipinski definition) is 10. The Hall–Kier alpha value is -3.69. The summed E-state index contributed by atoms with van der Waals surface area (Å²) in [5, 5.41) is 21.3. The predicted molar refractivity (Wildman–Crippen MR) is 104 cm³/mol. The van der Waals surface area contributed by atoms with E-state index in [1.165, 1.54) is 30.3 Å². The Balaban J connectivity index is 2.06. The van der Waals surface area contributed by atoms with E-state index in [4.69, 9.17) is 16.6 Å². The largest absolute Gasteiger partial charge is 0.399 e. The highest BCUT2D eigenvalue weighted by Gasteiger charge is 2.19. The van der Waals surface area contributed by atoms with E-state index in [1.54, 1.807) is 0 Å². The number of nitriles is 1. The van der Waals surface area contributed by atoms with Crippen molar-refractivity contribution >= 4 is 44.3 Å². The van der Waals surface area contributed by atoms with Crippen LogP contribution in [0.15, 0.2) is 35.2 Å². The molecule has 0 unspecified atom stereocenters. The first-order chi connectivity index (χ1) is 13.3. The van der Waals surface area contributed by atoms with Crippen LogP contribution >= 0.6 is 0 Å². The van der Waals surface area contributed by atoms with Gasteiger partial charge in [-0.3, -0.25) is 4.72 Å². The van der Waals surface area contributed by atoms with Gasteiger partial charge in [0.15, 0.2) is 11.5 Å². The summed E-state index contributed by atoms with van der Waals surface area (Å²) in [6.45, 7) is 0.0482. The first kappa shape index (κ1) is 19.1. The summed E-state index contributed by atoms with van der Waals surface area (Å²) in [5.74, 6) is -0.0241. The zero-order valence-electron chi connectivity index (χ0n) is 14.4. The molecule has 2 heterocycles. The Kier molecular flexibility index (Phi) is 5.12. The van der Waals surface area contributed by atoms with Crippen LogP contribution in [0.25, 0.3) is 11.0 Å². The number of anilines is 4. The van der Waals surface area contributed by atoms with E-state index in [1.807, 2.05) is 6.07 Å². The lowest BCUT2D eigenvalue weighted by Gasteiger charge is -2.11. The number of nitrogens with zero attached hydrogens (tertiary/aromatic N) is 4. The predicted octanol–water partition coefficient (Wildman–Crippen LogP) is 0.266. The molecule has 0 saturated carbocycles. The summed E-state index contributed by atoms with van der Waals surface area (Å²) in [4.78, 5) is 12.2. The third kappa shape index (κ3) is 3.85. The lowest BCUT2D eigenvalue weighted by atomic mass is 10.2. The molecule has 12 heteroatoms. The second-order valence-electron chi connectivity index (χ2n) is 5.62. The molecule has 3 aromatic rings. The highest BCUT2D eigenvalue weighted by atomic mass is 32.2. The maximum Gasteiger partial charge on any atom is 0.263 e. The molecule has 144 valence electrons. The molecule has 0 atom stereocenters. The minimum atomic E-state index is -4.01. The SMILES string of the molecule is N#Cc1cc2c(N)nc(NCCO)nc2nc1NS(=O)(=O)c1ccc(N)cc1. The van der Waals surface area contributed by atoms with E-state index in [2.05, 4.69) is 25.0 Å². The number of nitrogens with one attached hydrogen (secondary N) is 2. The molecule has 0 amide bonds. The number of aliphatic hydroxyl groups is 1. The van der Waals surface area contributed by atoms with E-state index < -0.39 is 10.0 Å². The Bertz CT molecular complexity index is 1170. The molecule has 0 fully saturated rings. The molecule has 3 rings (SSSR count). The van der Waals surface area contributed by atoms with Crippen LogP contribution in [0.5, 0.6) is 0 Å². The van der Waals surface area contributed by atoms with Gasteiger partial charge in [0, 0.05) is 12.2 Å². The highest BCUT2D eigenvalue weighted by molar-refractivity contribution is 7.92. The quantitative estimate of drug-likeness (QED) is 0.358. The van der Waals surface area contributed by atoms with E-state index in [0.717, 1.165) is 0 Å². The van der Waals surface area contributed by atoms with E-state index in [9.17, 15) is 13.7 Å². The van der Waals surface area contributed by atoms with Crippen molar-refractivity contribution in [1.82, 2.24) is 15.0 Å². The number of fused-ring (bicyclic) bond motifs is 1. The van der Waals surface area contributed by atoms with E-state index in [-0.39, 0.29) is 46.8 Å². The molecule has 0 aliphatic heterocycles. The molecule has 0 bridgehead atoms. The third-order valence-corrected chi connectivity index (χ3v) is 5.01. The number of aliphatic hydroxyl groups excluding tert-OH is 1. The monoisotopic (exact) mass is 400 g/mol. The fraction of sp³-hybridized carbons (Fsp3) is 0.125. The van der Waals surface area contributed by atoms with Crippen molar-refractivity contribution in [2.45, 2.75) is 4.90 Å². The van der Waals surface area contributed by atoms with Crippen LogP contribution in [0.2, 0.25) is 0 Å². The van der Waals surface area contributed by atoms with Crippen LogP contribution < -0.4 is 21.5 Å². The van der Waals surface area contributed by atoms with Crippen molar-refractivity contribution in [2.24, 2.45) is 0 Å². The summed E-state index contributed by atoms with van der Waals surface area (Å²) in [7, 11) is -4.01. The van der Waals surface area contributed by atoms with Crippen molar-refractivity contribution in [2.75, 3.05) is 34.7 Å². The van der Waals surface area contributed by atoms with Gasteiger partial charge in [-0.15, -0.1) is 0 Å². The average Bonchev–Trinajstić information content (AvgIpc) is 2.66. The summed E-state index contributed by atoms with van der Waals surface area (Å²) < 4.78 is 27.5. The molecular formula is C16H16N8O3S. The van der Waals surface area contributed by atoms with Gasteiger partial charge in [-0.2, -0.15) is 15.2 Å². The Morgan fingerprint density at radius 1 is 1.14 bits per heavy atom. The minimum Gasteiger partial charge on any atom is -0.399 e. The van der Waals surface area contributed by atoms with Crippen LogP contribution in [0.3, 0.4) is 0 Å². The summed E-state index contributed by atoms with van der Waals surface area (Å²) in [6, 6.07) is 8.79. The second-order valence-corrected chi connectivity index (χ2v) is 7.31. The van der Waals surface area contributed by atoms with Gasteiger partial charge in [-0.25, -0.2) is 13.4 Å². The van der Waals surface area contributed by atoms with Crippen LogP contribution in [-0.2, 0) is 10.0 Å². The highest BCUT2D eigenvalue weighted by Crippen LogP contribution is 2.25. The Labute approximate surface area is 160 Å². The Morgan fingerprint density at radius 2 is 1.86 bits per heavy atom. The number of nitrogens with two attached hydrogens (primary N) is 2. The molecule has 2 aromatic heterocycles. The molecule has 28 heavy (non-hydrogen) atoms. The van der Waals surface area contributed by atoms with E-state index in [0.29, 0.717) is 11.1 Å². The van der Waals surface area contributed by atoms with Gasteiger partial charge in [0.25, 0.3) is 10.0 Å². The maximum absolute atomic E-state index is 12.6. The van der Waals surface area contributed by atoms with Gasteiger partial charge in [0.05, 0.1) is 22.5 Å². The lowest BCUT2D eigenvalue weighted by Crippen LogP contribution is -2.16. The van der Waals surface area contributed by atoms with Crippen molar-refractivity contribution in [3.05, 3.63) is 35.9 Å². The normalized spacial score (nSPS) is 11.1. The van der Waals surface area contributed by atoms with Crippen LogP contribution in [-0.4, -0.2) is 41.6 Å². The standard InChI is InChI=1S/C16H16N8O3S/c17-8-9-7-12-13(19)21-16(20-5-6-25)23-15(12)22-14(9)24-28(26,27)11-3-1-10(18)2-4-11/h1-4,7,25H,5-6,18H2,(H4,19,20,21,22,23,24). The summed E-state index contributed by atoms with van der Waals surface area (Å²) in [6.07, 6.45) is 0. The molecule has 0 spiro atoms. The molecule has 0 saturated heterocycles. The van der Waals surface area contributed by atoms with Gasteiger partial charge in [-0.1, -0.05) is 0 Å². The first-order valence-corrected chi connectivity index (χ1v) is 9.44. The minimum absolute atomic E-state index is 0.0417. The molecule has 1 aromatic carbocycles. The van der Waals surface area contributed by atoms with Gasteiger partial charge in [0.1, 0.15) is 11.9 Å². The fourth-order valence-electron chi connectivity index (χ4n) is 2.32. The van der Waals surface area contributed by atoms with Crippen LogP contribution in [0.4, 0.5) is 23.3 Å². The maximum atomic E-state index is 12.6. The number of rotatable bonds is 6. The third-order valence-electron chi connectivity index (χ3n) is 3.65. The molecule has 11 nitrogen and oxygen atoms in total. The van der Waals surface area contributed by atoms with Crippen molar-refractivity contribution in [3.63, 3.8) is 0 Å². The van der Waals surface area contributed by atoms with Gasteiger partial charge >= 0.3 is 0 Å².